The normalized spacial score (nSPS) is 12.4. The van der Waals surface area contributed by atoms with Gasteiger partial charge in [-0.25, -0.2) is 9.37 Å². The first-order chi connectivity index (χ1) is 13.0. The third-order valence-corrected chi connectivity index (χ3v) is 5.33. The highest BCUT2D eigenvalue weighted by Gasteiger charge is 2.29. The molecule has 1 N–H and O–H groups in total. The predicted molar refractivity (Wildman–Crippen MR) is 94.4 cm³/mol. The largest absolute Gasteiger partial charge is 0.468 e. The Balaban J connectivity index is 2.07. The first-order valence-electron chi connectivity index (χ1n) is 7.77. The van der Waals surface area contributed by atoms with E-state index in [4.69, 9.17) is 11.6 Å². The minimum absolute atomic E-state index is 0.00683. The molecule has 2 aromatic rings. The lowest BCUT2D eigenvalue weighted by Crippen LogP contribution is -2.37. The van der Waals surface area contributed by atoms with Gasteiger partial charge in [0.05, 0.1) is 0 Å². The van der Waals surface area contributed by atoms with Crippen molar-refractivity contribution in [2.24, 2.45) is 0 Å². The van der Waals surface area contributed by atoms with Crippen molar-refractivity contribution in [3.05, 3.63) is 58.5 Å². The Labute approximate surface area is 164 Å². The van der Waals surface area contributed by atoms with Crippen molar-refractivity contribution >= 4 is 21.8 Å². The summed E-state index contributed by atoms with van der Waals surface area (Å²) >= 11 is 5.89. The number of pyridine rings is 1. The number of alkyl halides is 3. The first-order valence-corrected chi connectivity index (χ1v) is 9.58. The van der Waals surface area contributed by atoms with Gasteiger partial charge in [0.15, 0.2) is 6.61 Å². The van der Waals surface area contributed by atoms with Gasteiger partial charge in [0.1, 0.15) is 5.82 Å². The number of rotatable bonds is 8. The molecule has 0 saturated heterocycles. The van der Waals surface area contributed by atoms with E-state index in [1.54, 1.807) is 0 Å². The zero-order valence-electron chi connectivity index (χ0n) is 14.5. The van der Waals surface area contributed by atoms with Crippen molar-refractivity contribution in [1.82, 2.24) is 14.0 Å². The maximum Gasteiger partial charge on any atom is 0.422 e. The number of aromatic nitrogens is 1. The molecule has 0 saturated carbocycles. The Morgan fingerprint density at radius 1 is 1.25 bits per heavy atom. The zero-order chi connectivity index (χ0) is 20.9. The first kappa shape index (κ1) is 22.3. The SMILES string of the molecule is CN(Cc1c(F)cccc1Cl)S(=O)(=O)NCc1cccnc1OCC(F)(F)F. The van der Waals surface area contributed by atoms with Crippen LogP contribution >= 0.6 is 11.6 Å². The van der Waals surface area contributed by atoms with Crippen LogP contribution in [-0.2, 0) is 23.3 Å². The molecule has 6 nitrogen and oxygen atoms in total. The van der Waals surface area contributed by atoms with E-state index in [0.29, 0.717) is 0 Å². The molecule has 1 heterocycles. The Kier molecular flexibility index (Phi) is 7.21. The Morgan fingerprint density at radius 2 is 1.96 bits per heavy atom. The van der Waals surface area contributed by atoms with Gasteiger partial charge in [0.2, 0.25) is 5.88 Å². The molecule has 0 radical (unpaired) electrons. The van der Waals surface area contributed by atoms with E-state index in [0.717, 1.165) is 10.4 Å². The van der Waals surface area contributed by atoms with Crippen LogP contribution in [0.15, 0.2) is 36.5 Å². The van der Waals surface area contributed by atoms with Crippen molar-refractivity contribution in [2.45, 2.75) is 19.3 Å². The summed E-state index contributed by atoms with van der Waals surface area (Å²) in [4.78, 5) is 3.68. The molecule has 12 heteroatoms. The van der Waals surface area contributed by atoms with Gasteiger partial charge >= 0.3 is 6.18 Å². The second-order valence-electron chi connectivity index (χ2n) is 5.65. The summed E-state index contributed by atoms with van der Waals surface area (Å²) < 4.78 is 83.1. The average molecular weight is 442 g/mol. The number of hydrogen-bond acceptors (Lipinski definition) is 4. The molecular formula is C16H16ClF4N3O3S. The monoisotopic (exact) mass is 441 g/mol. The molecule has 0 amide bonds. The third kappa shape index (κ3) is 6.30. The molecule has 154 valence electrons. The van der Waals surface area contributed by atoms with Crippen LogP contribution in [0, 0.1) is 5.82 Å². The van der Waals surface area contributed by atoms with Crippen molar-refractivity contribution < 1.29 is 30.7 Å². The topological polar surface area (TPSA) is 71.5 Å². The fourth-order valence-corrected chi connectivity index (χ4v) is 3.19. The summed E-state index contributed by atoms with van der Waals surface area (Å²) in [5.41, 5.74) is 0.0975. The molecule has 0 fully saturated rings. The van der Waals surface area contributed by atoms with E-state index in [2.05, 4.69) is 14.4 Å². The van der Waals surface area contributed by atoms with E-state index in [1.165, 1.54) is 37.5 Å². The van der Waals surface area contributed by atoms with E-state index in [-0.39, 0.29) is 35.1 Å². The lowest BCUT2D eigenvalue weighted by molar-refractivity contribution is -0.154. The summed E-state index contributed by atoms with van der Waals surface area (Å²) in [6.45, 7) is -2.28. The maximum absolute atomic E-state index is 13.8. The van der Waals surface area contributed by atoms with Crippen molar-refractivity contribution in [2.75, 3.05) is 13.7 Å². The van der Waals surface area contributed by atoms with Crippen LogP contribution in [0.1, 0.15) is 11.1 Å². The summed E-state index contributed by atoms with van der Waals surface area (Å²) in [7, 11) is -2.89. The van der Waals surface area contributed by atoms with Crippen molar-refractivity contribution in [3.8, 4) is 5.88 Å². The van der Waals surface area contributed by atoms with Gasteiger partial charge in [-0.05, 0) is 18.2 Å². The van der Waals surface area contributed by atoms with Crippen LogP contribution in [0.4, 0.5) is 17.6 Å². The molecule has 0 aliphatic carbocycles. The second-order valence-corrected chi connectivity index (χ2v) is 7.92. The van der Waals surface area contributed by atoms with Crippen molar-refractivity contribution in [1.29, 1.82) is 0 Å². The van der Waals surface area contributed by atoms with Gasteiger partial charge in [-0.15, -0.1) is 0 Å². The quantitative estimate of drug-likeness (QED) is 0.638. The molecule has 0 spiro atoms. The lowest BCUT2D eigenvalue weighted by atomic mass is 10.2. The van der Waals surface area contributed by atoms with Crippen LogP contribution in [0.5, 0.6) is 5.88 Å². The lowest BCUT2D eigenvalue weighted by Gasteiger charge is -2.19. The zero-order valence-corrected chi connectivity index (χ0v) is 16.1. The van der Waals surface area contributed by atoms with Gasteiger partial charge in [-0.2, -0.15) is 30.6 Å². The number of nitrogens with one attached hydrogen (secondary N) is 1. The predicted octanol–water partition coefficient (Wildman–Crippen LogP) is 3.28. The van der Waals surface area contributed by atoms with Gasteiger partial charge in [0, 0.05) is 42.5 Å². The van der Waals surface area contributed by atoms with Crippen LogP contribution in [0.2, 0.25) is 5.02 Å². The molecule has 0 bridgehead atoms. The standard InChI is InChI=1S/C16H16ClF4N3O3S/c1-24(9-12-13(17)5-2-6-14(12)18)28(25,26)23-8-11-4-3-7-22-15(11)27-10-16(19,20)21/h2-7,23H,8-10H2,1H3. The Hall–Kier alpha value is -1.95. The minimum atomic E-state index is -4.56. The van der Waals surface area contributed by atoms with E-state index < -0.39 is 28.8 Å². The molecule has 2 rings (SSSR count). The molecule has 28 heavy (non-hydrogen) atoms. The molecule has 1 aromatic carbocycles. The van der Waals surface area contributed by atoms with Gasteiger partial charge in [-0.3, -0.25) is 0 Å². The molecule has 0 aliphatic heterocycles. The highest BCUT2D eigenvalue weighted by molar-refractivity contribution is 7.87. The number of hydrogen-bond donors (Lipinski definition) is 1. The van der Waals surface area contributed by atoms with Crippen LogP contribution < -0.4 is 9.46 Å². The van der Waals surface area contributed by atoms with Gasteiger partial charge < -0.3 is 4.74 Å². The second kappa shape index (κ2) is 9.03. The molecule has 1 aromatic heterocycles. The summed E-state index contributed by atoms with van der Waals surface area (Å²) in [5, 5.41) is 0.0668. The fraction of sp³-hybridized carbons (Fsp3) is 0.312. The highest BCUT2D eigenvalue weighted by Crippen LogP contribution is 2.22. The minimum Gasteiger partial charge on any atom is -0.468 e. The van der Waals surface area contributed by atoms with Crippen LogP contribution in [-0.4, -0.2) is 37.5 Å². The molecule has 0 aliphatic rings. The molecular weight excluding hydrogens is 426 g/mol. The summed E-state index contributed by atoms with van der Waals surface area (Å²) in [5.74, 6) is -1.01. The maximum atomic E-state index is 13.8. The van der Waals surface area contributed by atoms with Gasteiger partial charge in [-0.1, -0.05) is 23.7 Å². The molecule has 0 atom stereocenters. The Bertz CT molecular complexity index is 905. The number of halogens is 5. The number of nitrogens with zero attached hydrogens (tertiary/aromatic N) is 2. The number of benzene rings is 1. The van der Waals surface area contributed by atoms with E-state index in [1.807, 2.05) is 0 Å². The smallest absolute Gasteiger partial charge is 0.422 e. The third-order valence-electron chi connectivity index (χ3n) is 3.52. The fourth-order valence-electron chi connectivity index (χ4n) is 2.11. The van der Waals surface area contributed by atoms with Crippen molar-refractivity contribution in [3.63, 3.8) is 0 Å². The molecule has 0 unspecified atom stereocenters. The van der Waals surface area contributed by atoms with E-state index >= 15 is 0 Å². The average Bonchev–Trinajstić information content (AvgIpc) is 2.61. The highest BCUT2D eigenvalue weighted by atomic mass is 35.5. The number of ether oxygens (including phenoxy) is 1. The van der Waals surface area contributed by atoms with E-state index in [9.17, 15) is 26.0 Å². The summed E-state index contributed by atoms with van der Waals surface area (Å²) in [6.07, 6.45) is -3.34. The van der Waals surface area contributed by atoms with Gasteiger partial charge in [0.25, 0.3) is 10.2 Å². The summed E-state index contributed by atoms with van der Waals surface area (Å²) in [6, 6.07) is 6.75. The van der Waals surface area contributed by atoms with Crippen LogP contribution in [0.3, 0.4) is 0 Å². The van der Waals surface area contributed by atoms with Crippen LogP contribution in [0.25, 0.3) is 0 Å². The Morgan fingerprint density at radius 3 is 2.61 bits per heavy atom.